The second kappa shape index (κ2) is 9.46. The van der Waals surface area contributed by atoms with Gasteiger partial charge in [-0.05, 0) is 24.5 Å². The molecule has 1 saturated carbocycles. The number of ketones is 2. The Hall–Kier alpha value is -1.48. The third-order valence-corrected chi connectivity index (χ3v) is 3.71. The van der Waals surface area contributed by atoms with E-state index in [-0.39, 0.29) is 18.0 Å². The summed E-state index contributed by atoms with van der Waals surface area (Å²) in [6, 6.07) is 7.75. The minimum Gasteiger partial charge on any atom is -0.326 e. The maximum absolute atomic E-state index is 12.1. The summed E-state index contributed by atoms with van der Waals surface area (Å²) in [6.07, 6.45) is 1.15. The molecule has 21 heavy (non-hydrogen) atoms. The van der Waals surface area contributed by atoms with E-state index < -0.39 is 5.41 Å². The van der Waals surface area contributed by atoms with E-state index in [0.29, 0.717) is 19.4 Å². The van der Waals surface area contributed by atoms with Gasteiger partial charge in [0.05, 0.1) is 11.8 Å². The zero-order chi connectivity index (χ0) is 16.5. The number of nitrogens with two attached hydrogens (primary N) is 1. The van der Waals surface area contributed by atoms with Gasteiger partial charge in [-0.15, -0.1) is 0 Å². The van der Waals surface area contributed by atoms with Gasteiger partial charge >= 0.3 is 0 Å². The average Bonchev–Trinajstić information content (AvgIpc) is 2.55. The maximum atomic E-state index is 12.1. The van der Waals surface area contributed by atoms with E-state index in [1.165, 1.54) is 0 Å². The van der Waals surface area contributed by atoms with Crippen molar-refractivity contribution in [1.82, 2.24) is 0 Å². The van der Waals surface area contributed by atoms with Crippen LogP contribution >= 0.6 is 0 Å². The third-order valence-electron chi connectivity index (χ3n) is 3.71. The van der Waals surface area contributed by atoms with Crippen LogP contribution < -0.4 is 5.73 Å². The lowest BCUT2D eigenvalue weighted by Gasteiger charge is -2.33. The van der Waals surface area contributed by atoms with Crippen LogP contribution in [0.2, 0.25) is 0 Å². The van der Waals surface area contributed by atoms with Gasteiger partial charge in [0.2, 0.25) is 0 Å². The van der Waals surface area contributed by atoms with Crippen LogP contribution in [0.5, 0.6) is 0 Å². The van der Waals surface area contributed by atoms with Crippen LogP contribution in [-0.2, 0) is 21.5 Å². The zero-order valence-electron chi connectivity index (χ0n) is 14.0. The molecule has 0 radical (unpaired) electrons. The van der Waals surface area contributed by atoms with E-state index >= 15 is 0 Å². The molecule has 0 bridgehead atoms. The molecule has 2 N–H and O–H groups in total. The summed E-state index contributed by atoms with van der Waals surface area (Å²) >= 11 is 0. The number of hydrogen-bond acceptors (Lipinski definition) is 3. The van der Waals surface area contributed by atoms with Gasteiger partial charge in [-0.25, -0.2) is 0 Å². The first-order valence-corrected chi connectivity index (χ1v) is 7.91. The topological polar surface area (TPSA) is 60.2 Å². The lowest BCUT2D eigenvalue weighted by atomic mass is 9.68. The minimum atomic E-state index is -0.538. The minimum absolute atomic E-state index is 0.0228. The van der Waals surface area contributed by atoms with Crippen molar-refractivity contribution < 1.29 is 9.59 Å². The van der Waals surface area contributed by atoms with Crippen molar-refractivity contribution >= 4 is 11.6 Å². The molecular formula is C18H29NO2. The quantitative estimate of drug-likeness (QED) is 0.844. The van der Waals surface area contributed by atoms with Crippen molar-refractivity contribution in [2.24, 2.45) is 5.73 Å². The van der Waals surface area contributed by atoms with E-state index in [4.69, 9.17) is 5.73 Å². The second-order valence-corrected chi connectivity index (χ2v) is 4.83. The molecule has 118 valence electrons. The van der Waals surface area contributed by atoms with Crippen LogP contribution in [-0.4, -0.2) is 11.6 Å². The SMILES string of the molecule is CC.CC.CC1(c2ccccc2CN)CCC(=O)CC1=O. The fraction of sp³-hybridized carbons (Fsp3) is 0.556. The monoisotopic (exact) mass is 291 g/mol. The maximum Gasteiger partial charge on any atom is 0.150 e. The van der Waals surface area contributed by atoms with Crippen molar-refractivity contribution in [3.05, 3.63) is 35.4 Å². The summed E-state index contributed by atoms with van der Waals surface area (Å²) in [5.74, 6) is 0.0763. The van der Waals surface area contributed by atoms with Gasteiger partial charge < -0.3 is 5.73 Å². The summed E-state index contributed by atoms with van der Waals surface area (Å²) in [5.41, 5.74) is 7.16. The van der Waals surface area contributed by atoms with Gasteiger partial charge in [0.1, 0.15) is 11.6 Å². The molecule has 1 aliphatic carbocycles. The van der Waals surface area contributed by atoms with Crippen molar-refractivity contribution in [2.45, 2.75) is 65.8 Å². The Morgan fingerprint density at radius 1 is 1.10 bits per heavy atom. The summed E-state index contributed by atoms with van der Waals surface area (Å²) in [4.78, 5) is 23.4. The van der Waals surface area contributed by atoms with E-state index in [1.807, 2.05) is 58.9 Å². The highest BCUT2D eigenvalue weighted by atomic mass is 16.1. The summed E-state index contributed by atoms with van der Waals surface area (Å²) in [7, 11) is 0. The molecule has 0 heterocycles. The van der Waals surface area contributed by atoms with Crippen molar-refractivity contribution in [3.8, 4) is 0 Å². The molecule has 0 aromatic heterocycles. The lowest BCUT2D eigenvalue weighted by Crippen LogP contribution is -2.39. The first kappa shape index (κ1) is 19.5. The molecule has 0 amide bonds. The molecule has 1 atom stereocenters. The average molecular weight is 291 g/mol. The standard InChI is InChI=1S/C14H17NO2.2C2H6/c1-14(7-6-11(16)8-13(14)17)12-5-3-2-4-10(12)9-15;2*1-2/h2-5H,6-9,15H2,1H3;2*1-2H3. The number of Topliss-reactive ketones (excluding diaryl/α,β-unsaturated/α-hetero) is 2. The Labute approximate surface area is 128 Å². The molecule has 1 fully saturated rings. The molecular weight excluding hydrogens is 262 g/mol. The van der Waals surface area contributed by atoms with Crippen LogP contribution in [0.25, 0.3) is 0 Å². The molecule has 0 saturated heterocycles. The number of benzene rings is 1. The predicted molar refractivity (Wildman–Crippen MR) is 88.2 cm³/mol. The highest BCUT2D eigenvalue weighted by Gasteiger charge is 2.40. The van der Waals surface area contributed by atoms with Gasteiger partial charge in [-0.3, -0.25) is 9.59 Å². The van der Waals surface area contributed by atoms with E-state index in [1.54, 1.807) is 0 Å². The molecule has 1 aromatic rings. The van der Waals surface area contributed by atoms with Crippen molar-refractivity contribution in [1.29, 1.82) is 0 Å². The van der Waals surface area contributed by atoms with Gasteiger partial charge in [0, 0.05) is 13.0 Å². The van der Waals surface area contributed by atoms with E-state index in [0.717, 1.165) is 11.1 Å². The smallest absolute Gasteiger partial charge is 0.150 e. The largest absolute Gasteiger partial charge is 0.326 e. The molecule has 0 spiro atoms. The van der Waals surface area contributed by atoms with Crippen LogP contribution in [0, 0.1) is 0 Å². The van der Waals surface area contributed by atoms with E-state index in [2.05, 4.69) is 0 Å². The molecule has 1 aromatic carbocycles. The number of rotatable bonds is 2. The summed E-state index contributed by atoms with van der Waals surface area (Å²) in [6.45, 7) is 10.4. The summed E-state index contributed by atoms with van der Waals surface area (Å²) in [5, 5.41) is 0. The van der Waals surface area contributed by atoms with Crippen LogP contribution in [0.4, 0.5) is 0 Å². The fourth-order valence-electron chi connectivity index (χ4n) is 2.51. The van der Waals surface area contributed by atoms with Crippen molar-refractivity contribution in [3.63, 3.8) is 0 Å². The van der Waals surface area contributed by atoms with Crippen LogP contribution in [0.3, 0.4) is 0 Å². The van der Waals surface area contributed by atoms with Gasteiger partial charge in [0.25, 0.3) is 0 Å². The third kappa shape index (κ3) is 4.50. The van der Waals surface area contributed by atoms with Gasteiger partial charge in [-0.1, -0.05) is 52.0 Å². The van der Waals surface area contributed by atoms with E-state index in [9.17, 15) is 9.59 Å². The molecule has 1 unspecified atom stereocenters. The number of carbonyl (C=O) groups is 2. The Bertz CT molecular complexity index is 468. The molecule has 1 aliphatic rings. The molecule has 3 nitrogen and oxygen atoms in total. The zero-order valence-corrected chi connectivity index (χ0v) is 14.0. The Morgan fingerprint density at radius 2 is 1.67 bits per heavy atom. The first-order valence-electron chi connectivity index (χ1n) is 7.91. The van der Waals surface area contributed by atoms with Crippen LogP contribution in [0.1, 0.15) is 65.0 Å². The lowest BCUT2D eigenvalue weighted by molar-refractivity contribution is -0.133. The van der Waals surface area contributed by atoms with Gasteiger partial charge in [-0.2, -0.15) is 0 Å². The number of carbonyl (C=O) groups excluding carboxylic acids is 2. The Balaban J connectivity index is 0.000000921. The Kier molecular flexibility index (Phi) is 8.79. The highest BCUT2D eigenvalue weighted by molar-refractivity contribution is 6.06. The first-order chi connectivity index (χ1) is 10.1. The van der Waals surface area contributed by atoms with Crippen molar-refractivity contribution in [2.75, 3.05) is 0 Å². The number of hydrogen-bond donors (Lipinski definition) is 1. The van der Waals surface area contributed by atoms with Gasteiger partial charge in [0.15, 0.2) is 0 Å². The Morgan fingerprint density at radius 3 is 2.19 bits per heavy atom. The highest BCUT2D eigenvalue weighted by Crippen LogP contribution is 2.36. The summed E-state index contributed by atoms with van der Waals surface area (Å²) < 4.78 is 0. The molecule has 2 rings (SSSR count). The normalized spacial score (nSPS) is 20.9. The second-order valence-electron chi connectivity index (χ2n) is 4.83. The fourth-order valence-corrected chi connectivity index (χ4v) is 2.51. The molecule has 3 heteroatoms. The van der Waals surface area contributed by atoms with Crippen LogP contribution in [0.15, 0.2) is 24.3 Å². The molecule has 0 aliphatic heterocycles. The predicted octanol–water partition coefficient (Wildman–Crippen LogP) is 3.78.